The lowest BCUT2D eigenvalue weighted by atomic mass is 10.0. The summed E-state index contributed by atoms with van der Waals surface area (Å²) in [6, 6.07) is 0.584. The molecule has 0 aromatic carbocycles. The summed E-state index contributed by atoms with van der Waals surface area (Å²) in [6.07, 6.45) is 5.97. The van der Waals surface area contributed by atoms with Gasteiger partial charge in [0.15, 0.2) is 5.13 Å². The molecule has 6 nitrogen and oxygen atoms in total. The molecule has 1 aromatic rings. The van der Waals surface area contributed by atoms with Crippen LogP contribution in [0.25, 0.3) is 0 Å². The van der Waals surface area contributed by atoms with E-state index in [1.54, 1.807) is 13.1 Å². The zero-order valence-electron chi connectivity index (χ0n) is 12.8. The van der Waals surface area contributed by atoms with Gasteiger partial charge in [0.05, 0.1) is 6.54 Å². The van der Waals surface area contributed by atoms with Crippen LogP contribution < -0.4 is 5.32 Å². The molecule has 1 aromatic heterocycles. The molecule has 0 spiro atoms. The van der Waals surface area contributed by atoms with Crippen molar-refractivity contribution < 1.29 is 9.59 Å². The molecule has 120 valence electrons. The van der Waals surface area contributed by atoms with Gasteiger partial charge in [0.1, 0.15) is 0 Å². The number of anilines is 1. The van der Waals surface area contributed by atoms with Crippen molar-refractivity contribution in [1.82, 2.24) is 14.8 Å². The number of likely N-dealkylation sites (tertiary alicyclic amines) is 2. The van der Waals surface area contributed by atoms with Crippen LogP contribution in [0.2, 0.25) is 0 Å². The summed E-state index contributed by atoms with van der Waals surface area (Å²) >= 11 is 1.43. The average molecular weight is 322 g/mol. The largest absolute Gasteiger partial charge is 0.338 e. The number of aromatic nitrogens is 1. The quantitative estimate of drug-likeness (QED) is 0.913. The summed E-state index contributed by atoms with van der Waals surface area (Å²) in [4.78, 5) is 32.2. The molecule has 2 saturated heterocycles. The minimum Gasteiger partial charge on any atom is -0.338 e. The highest BCUT2D eigenvalue weighted by atomic mass is 32.1. The van der Waals surface area contributed by atoms with E-state index in [0.29, 0.717) is 17.7 Å². The van der Waals surface area contributed by atoms with Gasteiger partial charge in [-0.25, -0.2) is 4.98 Å². The van der Waals surface area contributed by atoms with E-state index in [2.05, 4.69) is 15.2 Å². The second kappa shape index (κ2) is 6.75. The van der Waals surface area contributed by atoms with Crippen molar-refractivity contribution in [2.45, 2.75) is 44.7 Å². The Morgan fingerprint density at radius 2 is 2.09 bits per heavy atom. The lowest BCUT2D eigenvalue weighted by molar-refractivity contribution is -0.130. The first-order chi connectivity index (χ1) is 10.6. The maximum atomic E-state index is 12.2. The van der Waals surface area contributed by atoms with Crippen molar-refractivity contribution in [2.24, 2.45) is 0 Å². The van der Waals surface area contributed by atoms with Crippen molar-refractivity contribution in [2.75, 3.05) is 25.0 Å². The van der Waals surface area contributed by atoms with Gasteiger partial charge < -0.3 is 10.2 Å². The van der Waals surface area contributed by atoms with Crippen LogP contribution >= 0.6 is 11.3 Å². The third-order valence-electron chi connectivity index (χ3n) is 4.59. The number of carbonyl (C=O) groups excluding carboxylic acids is 2. The molecule has 1 N–H and O–H groups in total. The molecule has 2 aliphatic rings. The number of amides is 2. The number of thiazole rings is 1. The highest BCUT2D eigenvalue weighted by molar-refractivity contribution is 7.13. The van der Waals surface area contributed by atoms with Crippen LogP contribution in [-0.4, -0.2) is 58.3 Å². The van der Waals surface area contributed by atoms with Gasteiger partial charge in [-0.2, -0.15) is 0 Å². The minimum absolute atomic E-state index is 0.0192. The molecular weight excluding hydrogens is 300 g/mol. The summed E-state index contributed by atoms with van der Waals surface area (Å²) in [7, 11) is 0. The lowest BCUT2D eigenvalue weighted by Gasteiger charge is -2.34. The Morgan fingerprint density at radius 3 is 2.82 bits per heavy atom. The zero-order chi connectivity index (χ0) is 15.5. The second-order valence-corrected chi connectivity index (χ2v) is 6.88. The van der Waals surface area contributed by atoms with Gasteiger partial charge in [0.2, 0.25) is 11.8 Å². The summed E-state index contributed by atoms with van der Waals surface area (Å²) in [5.74, 6) is 0.135. The Hall–Kier alpha value is -1.47. The molecule has 2 fully saturated rings. The normalized spacial score (nSPS) is 25.6. The predicted octanol–water partition coefficient (Wildman–Crippen LogP) is 1.56. The highest BCUT2D eigenvalue weighted by Crippen LogP contribution is 2.29. The van der Waals surface area contributed by atoms with Crippen LogP contribution in [0.1, 0.15) is 32.6 Å². The molecule has 0 aliphatic carbocycles. The summed E-state index contributed by atoms with van der Waals surface area (Å²) < 4.78 is 0. The molecule has 0 unspecified atom stereocenters. The van der Waals surface area contributed by atoms with E-state index in [4.69, 9.17) is 0 Å². The summed E-state index contributed by atoms with van der Waals surface area (Å²) in [6.45, 7) is 3.81. The molecule has 0 radical (unpaired) electrons. The van der Waals surface area contributed by atoms with Crippen molar-refractivity contribution in [1.29, 1.82) is 0 Å². The van der Waals surface area contributed by atoms with Crippen molar-refractivity contribution in [3.05, 3.63) is 11.6 Å². The molecule has 0 saturated carbocycles. The Balaban J connectivity index is 1.60. The molecule has 22 heavy (non-hydrogen) atoms. The summed E-state index contributed by atoms with van der Waals surface area (Å²) in [5.41, 5.74) is 0. The van der Waals surface area contributed by atoms with Crippen LogP contribution in [0.15, 0.2) is 11.6 Å². The van der Waals surface area contributed by atoms with E-state index >= 15 is 0 Å². The van der Waals surface area contributed by atoms with E-state index in [0.717, 1.165) is 38.8 Å². The third kappa shape index (κ3) is 3.30. The SMILES string of the molecule is CC(=O)N1CCC[C@@H]1[C@H]1CCCN1CC(=O)Nc1nccs1. The standard InChI is InChI=1S/C15H22N4O2S/c1-11(20)19-8-3-5-13(19)12-4-2-7-18(12)10-14(21)17-15-16-6-9-22-15/h6,9,12-13H,2-5,7-8,10H2,1H3,(H,16,17,21)/t12-,13-/m1/s1. The first-order valence-corrected chi connectivity index (χ1v) is 8.73. The van der Waals surface area contributed by atoms with E-state index in [1.165, 1.54) is 11.3 Å². The van der Waals surface area contributed by atoms with Crippen LogP contribution in [0.5, 0.6) is 0 Å². The Morgan fingerprint density at radius 1 is 1.32 bits per heavy atom. The van der Waals surface area contributed by atoms with Crippen LogP contribution in [-0.2, 0) is 9.59 Å². The number of nitrogens with zero attached hydrogens (tertiary/aromatic N) is 3. The van der Waals surface area contributed by atoms with Crippen LogP contribution in [0, 0.1) is 0 Å². The monoisotopic (exact) mass is 322 g/mol. The van der Waals surface area contributed by atoms with Crippen molar-refractivity contribution >= 4 is 28.3 Å². The van der Waals surface area contributed by atoms with Crippen molar-refractivity contribution in [3.63, 3.8) is 0 Å². The number of hydrogen-bond donors (Lipinski definition) is 1. The molecular formula is C15H22N4O2S. The molecule has 2 amide bonds. The fraction of sp³-hybridized carbons (Fsp3) is 0.667. The molecule has 3 rings (SSSR count). The summed E-state index contributed by atoms with van der Waals surface area (Å²) in [5, 5.41) is 5.33. The molecule has 2 atom stereocenters. The van der Waals surface area contributed by atoms with Gasteiger partial charge in [0, 0.05) is 37.1 Å². The molecule has 2 aliphatic heterocycles. The zero-order valence-corrected chi connectivity index (χ0v) is 13.6. The van der Waals surface area contributed by atoms with Gasteiger partial charge in [0.25, 0.3) is 0 Å². The fourth-order valence-corrected chi connectivity index (χ4v) is 4.24. The van der Waals surface area contributed by atoms with E-state index in [9.17, 15) is 9.59 Å². The lowest BCUT2D eigenvalue weighted by Crippen LogP contribution is -2.49. The number of nitrogens with one attached hydrogen (secondary N) is 1. The average Bonchev–Trinajstić information content (AvgIpc) is 3.17. The maximum Gasteiger partial charge on any atom is 0.240 e. The van der Waals surface area contributed by atoms with Gasteiger partial charge >= 0.3 is 0 Å². The molecule has 3 heterocycles. The third-order valence-corrected chi connectivity index (χ3v) is 5.28. The molecule has 0 bridgehead atoms. The first kappa shape index (κ1) is 15.4. The van der Waals surface area contributed by atoms with Gasteiger partial charge in [-0.05, 0) is 32.2 Å². The smallest absolute Gasteiger partial charge is 0.240 e. The number of rotatable bonds is 4. The predicted molar refractivity (Wildman–Crippen MR) is 85.7 cm³/mol. The second-order valence-electron chi connectivity index (χ2n) is 5.99. The Kier molecular flexibility index (Phi) is 4.73. The Labute approximate surface area is 134 Å². The number of carbonyl (C=O) groups is 2. The van der Waals surface area contributed by atoms with Gasteiger partial charge in [-0.15, -0.1) is 11.3 Å². The fourth-order valence-electron chi connectivity index (χ4n) is 3.70. The maximum absolute atomic E-state index is 12.2. The minimum atomic E-state index is -0.0192. The van der Waals surface area contributed by atoms with Gasteiger partial charge in [-0.3, -0.25) is 14.5 Å². The van der Waals surface area contributed by atoms with Crippen LogP contribution in [0.3, 0.4) is 0 Å². The van der Waals surface area contributed by atoms with E-state index < -0.39 is 0 Å². The molecule has 7 heteroatoms. The van der Waals surface area contributed by atoms with E-state index in [1.807, 2.05) is 10.3 Å². The first-order valence-electron chi connectivity index (χ1n) is 7.86. The number of hydrogen-bond acceptors (Lipinski definition) is 5. The Bertz CT molecular complexity index is 534. The van der Waals surface area contributed by atoms with Gasteiger partial charge in [-0.1, -0.05) is 0 Å². The van der Waals surface area contributed by atoms with Crippen molar-refractivity contribution in [3.8, 4) is 0 Å². The topological polar surface area (TPSA) is 65.5 Å². The van der Waals surface area contributed by atoms with Crippen LogP contribution in [0.4, 0.5) is 5.13 Å². The highest BCUT2D eigenvalue weighted by Gasteiger charge is 2.39. The van der Waals surface area contributed by atoms with E-state index in [-0.39, 0.29) is 17.9 Å².